The molecule has 4 aromatic rings. The molecule has 3 heteroatoms. The molecule has 0 amide bonds. The van der Waals surface area contributed by atoms with Gasteiger partial charge in [-0.05, 0) is 12.0 Å². The molecule has 0 radical (unpaired) electrons. The second-order valence-electron chi connectivity index (χ2n) is 10.3. The van der Waals surface area contributed by atoms with Gasteiger partial charge in [0.05, 0.1) is 0 Å². The Morgan fingerprint density at radius 1 is 0.833 bits per heavy atom. The summed E-state index contributed by atoms with van der Waals surface area (Å²) in [5.74, 6) is 0.556. The van der Waals surface area contributed by atoms with Gasteiger partial charge in [-0.2, -0.15) is 29.8 Å². The zero-order chi connectivity index (χ0) is 28.3. The van der Waals surface area contributed by atoms with Crippen molar-refractivity contribution in [1.29, 1.82) is 0 Å². The summed E-state index contributed by atoms with van der Waals surface area (Å²) in [7, 11) is 0. The van der Waals surface area contributed by atoms with Gasteiger partial charge < -0.3 is 24.8 Å². The molecule has 0 saturated carbocycles. The number of benzene rings is 4. The van der Waals surface area contributed by atoms with Gasteiger partial charge in [-0.1, -0.05) is 54.8 Å². The van der Waals surface area contributed by atoms with Gasteiger partial charge in [-0.3, -0.25) is 6.08 Å². The van der Waals surface area contributed by atoms with E-state index in [0.29, 0.717) is 5.92 Å². The molecule has 1 atom stereocenters. The van der Waals surface area contributed by atoms with Crippen LogP contribution in [0.2, 0.25) is 0 Å². The van der Waals surface area contributed by atoms with Crippen LogP contribution in [0.25, 0.3) is 23.3 Å². The van der Waals surface area contributed by atoms with E-state index in [9.17, 15) is 0 Å². The van der Waals surface area contributed by atoms with Crippen molar-refractivity contribution in [2.45, 2.75) is 33.1 Å². The second-order valence-corrected chi connectivity index (χ2v) is 12.0. The summed E-state index contributed by atoms with van der Waals surface area (Å²) in [5, 5.41) is 0. The molecule has 0 bridgehead atoms. The Bertz CT molecular complexity index is 1430. The predicted molar refractivity (Wildman–Crippen MR) is 170 cm³/mol. The number of hydrogen-bond donors (Lipinski definition) is 0. The molecule has 1 unspecified atom stereocenters. The predicted octanol–water partition coefficient (Wildman–Crippen LogP) is 3.48. The fourth-order valence-electron chi connectivity index (χ4n) is 4.86. The summed E-state index contributed by atoms with van der Waals surface area (Å²) in [5.41, 5.74) is 11.7. The van der Waals surface area contributed by atoms with E-state index in [-0.39, 0.29) is 24.8 Å². The third kappa shape index (κ3) is 10.5. The molecule has 0 fully saturated rings. The maximum atomic E-state index is 3.82. The van der Waals surface area contributed by atoms with Crippen molar-refractivity contribution < 1.29 is 49.0 Å². The monoisotopic (exact) mass is 664 g/mol. The molecule has 0 aliphatic heterocycles. The topological polar surface area (TPSA) is 0 Å². The van der Waals surface area contributed by atoms with Crippen LogP contribution in [0.3, 0.4) is 0 Å². The Kier molecular flexibility index (Phi) is 15.1. The summed E-state index contributed by atoms with van der Waals surface area (Å²) in [4.78, 5) is 0. The van der Waals surface area contributed by atoms with Crippen LogP contribution in [-0.4, -0.2) is 3.21 Å². The van der Waals surface area contributed by atoms with Gasteiger partial charge in [-0.15, -0.1) is 30.7 Å². The van der Waals surface area contributed by atoms with Crippen molar-refractivity contribution in [1.82, 2.24) is 0 Å². The normalized spacial score (nSPS) is 13.3. The van der Waals surface area contributed by atoms with Gasteiger partial charge in [0, 0.05) is 0 Å². The molecule has 0 aromatic heterocycles. The minimum absolute atomic E-state index is 0. The SMILES string of the molecule is C=Cc1c[c-]c2c(c1)-c1cc(C=C)ccc1C2.CC1=CC(C)[C-]=C1.[Cl-].[Cl-].[Zr+2]=[C](Cc1ccccc1)Cc1ccccc1. The molecule has 6 rings (SSSR count). The van der Waals surface area contributed by atoms with Crippen LogP contribution >= 0.6 is 0 Å². The van der Waals surface area contributed by atoms with E-state index in [4.69, 9.17) is 0 Å². The van der Waals surface area contributed by atoms with Crippen LogP contribution in [-0.2, 0) is 43.5 Å². The van der Waals surface area contributed by atoms with Crippen molar-refractivity contribution in [3.63, 3.8) is 0 Å². The van der Waals surface area contributed by atoms with Crippen LogP contribution in [0.15, 0.2) is 122 Å². The molecular formula is C39H36Cl2Zr-2. The molecule has 0 nitrogen and oxygen atoms in total. The number of fused-ring (bicyclic) bond motifs is 3. The summed E-state index contributed by atoms with van der Waals surface area (Å²) in [6.45, 7) is 11.9. The molecule has 0 saturated heterocycles. The Morgan fingerprint density at radius 3 is 1.88 bits per heavy atom. The van der Waals surface area contributed by atoms with Crippen molar-refractivity contribution in [2.24, 2.45) is 5.92 Å². The van der Waals surface area contributed by atoms with E-state index in [1.165, 1.54) is 44.5 Å². The average molecular weight is 667 g/mol. The van der Waals surface area contributed by atoms with E-state index in [1.807, 2.05) is 24.3 Å². The zero-order valence-corrected chi connectivity index (χ0v) is 28.3. The number of halogens is 2. The molecule has 42 heavy (non-hydrogen) atoms. The fraction of sp³-hybridized carbons (Fsp3) is 0.154. The zero-order valence-electron chi connectivity index (χ0n) is 24.3. The first-order chi connectivity index (χ1) is 19.4. The number of allylic oxidation sites excluding steroid dienone is 4. The Morgan fingerprint density at radius 2 is 1.40 bits per heavy atom. The summed E-state index contributed by atoms with van der Waals surface area (Å²) >= 11 is 1.55. The Hall–Kier alpha value is -2.83. The van der Waals surface area contributed by atoms with Crippen LogP contribution < -0.4 is 24.8 Å². The summed E-state index contributed by atoms with van der Waals surface area (Å²) in [6.07, 6.45) is 14.4. The summed E-state index contributed by atoms with van der Waals surface area (Å²) < 4.78 is 1.60. The molecule has 0 N–H and O–H groups in total. The summed E-state index contributed by atoms with van der Waals surface area (Å²) in [6, 6.07) is 35.5. The molecule has 212 valence electrons. The van der Waals surface area contributed by atoms with Gasteiger partial charge in [0.1, 0.15) is 0 Å². The van der Waals surface area contributed by atoms with E-state index in [2.05, 4.69) is 130 Å². The van der Waals surface area contributed by atoms with Crippen molar-refractivity contribution >= 4 is 15.4 Å². The molecule has 2 aliphatic rings. The van der Waals surface area contributed by atoms with Crippen LogP contribution in [0, 0.1) is 18.1 Å². The van der Waals surface area contributed by atoms with Gasteiger partial charge in [0.15, 0.2) is 0 Å². The quantitative estimate of drug-likeness (QED) is 0.244. The number of hydrogen-bond acceptors (Lipinski definition) is 0. The van der Waals surface area contributed by atoms with Crippen LogP contribution in [0.1, 0.15) is 47.2 Å². The van der Waals surface area contributed by atoms with Gasteiger partial charge in [0.2, 0.25) is 0 Å². The molecule has 2 aliphatic carbocycles. The first-order valence-electron chi connectivity index (χ1n) is 13.8. The van der Waals surface area contributed by atoms with Gasteiger partial charge >= 0.3 is 112 Å². The Balaban J connectivity index is 0.000000231. The van der Waals surface area contributed by atoms with E-state index in [1.54, 1.807) is 27.4 Å². The Labute approximate surface area is 280 Å². The molecule has 0 spiro atoms. The van der Waals surface area contributed by atoms with Crippen LogP contribution in [0.4, 0.5) is 0 Å². The first-order valence-corrected chi connectivity index (χ1v) is 15.0. The van der Waals surface area contributed by atoms with Crippen molar-refractivity contribution in [3.8, 4) is 11.1 Å². The minimum atomic E-state index is 0. The standard InChI is InChI=1S/C17H13.C15H14.C7H9.2ClH.Zr/c1-3-12-5-7-14-11-15-8-6-13(4-2)10-17(15)16(14)9-12;1-3-8-14(9-4-1)12-7-13-15-10-5-2-6-11-15;1-6-3-4-7(2)5-6;;;/h3-7,9-10H,1-2,11H2;1-6,8-11H,12-13H2;3,5,7H,1-2H3;2*1H;/q-1;;-1;;;+2/p-2. The third-order valence-corrected chi connectivity index (χ3v) is 7.79. The van der Waals surface area contributed by atoms with E-state index in [0.717, 1.165) is 24.8 Å². The van der Waals surface area contributed by atoms with Gasteiger partial charge in [0.25, 0.3) is 0 Å². The second kappa shape index (κ2) is 18.0. The fourth-order valence-corrected chi connectivity index (χ4v) is 5.87. The number of rotatable bonds is 6. The molecule has 0 heterocycles. The molecular weight excluding hydrogens is 631 g/mol. The first kappa shape index (κ1) is 35.4. The van der Waals surface area contributed by atoms with Crippen LogP contribution in [0.5, 0.6) is 0 Å². The van der Waals surface area contributed by atoms with Gasteiger partial charge in [-0.25, -0.2) is 11.6 Å². The van der Waals surface area contributed by atoms with Crippen molar-refractivity contribution in [3.05, 3.63) is 167 Å². The van der Waals surface area contributed by atoms with Crippen molar-refractivity contribution in [2.75, 3.05) is 0 Å². The average Bonchev–Trinajstić information content (AvgIpc) is 3.55. The van der Waals surface area contributed by atoms with E-state index >= 15 is 0 Å². The molecule has 4 aromatic carbocycles. The van der Waals surface area contributed by atoms with E-state index < -0.39 is 0 Å². The third-order valence-electron chi connectivity index (χ3n) is 6.92. The maximum absolute atomic E-state index is 3.82.